The summed E-state index contributed by atoms with van der Waals surface area (Å²) in [6.07, 6.45) is -2.06. The minimum absolute atomic E-state index is 0.0774. The van der Waals surface area contributed by atoms with Gasteiger partial charge in [-0.1, -0.05) is 0 Å². The molecule has 0 aliphatic carbocycles. The molecule has 0 bridgehead atoms. The van der Waals surface area contributed by atoms with Crippen molar-refractivity contribution in [2.75, 3.05) is 6.61 Å². The van der Waals surface area contributed by atoms with E-state index in [4.69, 9.17) is 9.84 Å². The van der Waals surface area contributed by atoms with Crippen LogP contribution >= 0.6 is 0 Å². The van der Waals surface area contributed by atoms with Crippen molar-refractivity contribution in [1.82, 2.24) is 4.90 Å². The number of rotatable bonds is 2. The van der Waals surface area contributed by atoms with Crippen LogP contribution < -0.4 is 0 Å². The number of hydrogen-bond donors (Lipinski definition) is 1. The normalized spacial score (nSPS) is 29.9. The van der Waals surface area contributed by atoms with Crippen LogP contribution in [0, 0.1) is 0 Å². The number of carboxylic acid groups (broad SMARTS) is 1. The molecule has 2 unspecified atom stereocenters. The van der Waals surface area contributed by atoms with E-state index >= 15 is 0 Å². The molecule has 0 aromatic carbocycles. The smallest absolute Gasteiger partial charge is 0.450 e. The van der Waals surface area contributed by atoms with E-state index in [0.717, 1.165) is 4.90 Å². The van der Waals surface area contributed by atoms with Crippen LogP contribution in [0.25, 0.3) is 0 Å². The molecule has 2 aliphatic rings. The zero-order valence-corrected chi connectivity index (χ0v) is 8.42. The summed E-state index contributed by atoms with van der Waals surface area (Å²) in [4.78, 5) is 34.1. The molecule has 2 aliphatic heterocycles. The van der Waals surface area contributed by atoms with Crippen LogP contribution in [0.3, 0.4) is 0 Å². The zero-order chi connectivity index (χ0) is 11.7. The molecule has 1 N–H and O–H groups in total. The second-order valence-corrected chi connectivity index (χ2v) is 3.69. The van der Waals surface area contributed by atoms with Crippen LogP contribution in [-0.2, 0) is 19.1 Å². The summed E-state index contributed by atoms with van der Waals surface area (Å²) >= 11 is 0. The predicted molar refractivity (Wildman–Crippen MR) is 48.3 cm³/mol. The van der Waals surface area contributed by atoms with Crippen molar-refractivity contribution in [2.45, 2.75) is 31.6 Å². The van der Waals surface area contributed by atoms with Crippen molar-refractivity contribution in [3.63, 3.8) is 0 Å². The van der Waals surface area contributed by atoms with E-state index in [1.165, 1.54) is 0 Å². The number of likely N-dealkylation sites (tertiary alicyclic amines) is 1. The van der Waals surface area contributed by atoms with Crippen LogP contribution in [0.4, 0.5) is 4.79 Å². The molecule has 2 saturated heterocycles. The standard InChI is InChI=1S/C9H11NO6/c11-6-1-2-7(12)10(6)8-3-5(4-15-8)16-9(13)14/h5,8H,1-4H2,(H,13,14). The Labute approximate surface area is 90.9 Å². The first kappa shape index (κ1) is 10.9. The third kappa shape index (κ3) is 1.99. The quantitative estimate of drug-likeness (QED) is 0.527. The molecule has 0 aromatic rings. The number of carbonyl (C=O) groups is 3. The van der Waals surface area contributed by atoms with Gasteiger partial charge in [-0.2, -0.15) is 0 Å². The van der Waals surface area contributed by atoms with Crippen LogP contribution in [0.1, 0.15) is 19.3 Å². The molecular formula is C9H11NO6. The molecule has 0 radical (unpaired) electrons. The first-order valence-electron chi connectivity index (χ1n) is 4.94. The van der Waals surface area contributed by atoms with Crippen molar-refractivity contribution in [1.29, 1.82) is 0 Å². The highest BCUT2D eigenvalue weighted by molar-refractivity contribution is 6.02. The Morgan fingerprint density at radius 2 is 2.00 bits per heavy atom. The van der Waals surface area contributed by atoms with E-state index in [1.807, 2.05) is 0 Å². The fourth-order valence-electron chi connectivity index (χ4n) is 1.90. The van der Waals surface area contributed by atoms with Crippen LogP contribution in [0.15, 0.2) is 0 Å². The van der Waals surface area contributed by atoms with Gasteiger partial charge in [-0.15, -0.1) is 0 Å². The number of ether oxygens (including phenoxy) is 2. The molecule has 2 amide bonds. The molecule has 2 fully saturated rings. The van der Waals surface area contributed by atoms with Crippen LogP contribution in [0.2, 0.25) is 0 Å². The van der Waals surface area contributed by atoms with Crippen molar-refractivity contribution >= 4 is 18.0 Å². The maximum absolute atomic E-state index is 11.4. The molecule has 7 heteroatoms. The molecule has 7 nitrogen and oxygen atoms in total. The summed E-state index contributed by atoms with van der Waals surface area (Å²) in [5.41, 5.74) is 0. The van der Waals surface area contributed by atoms with E-state index < -0.39 is 18.5 Å². The van der Waals surface area contributed by atoms with Crippen molar-refractivity contribution in [3.8, 4) is 0 Å². The van der Waals surface area contributed by atoms with Crippen molar-refractivity contribution in [2.24, 2.45) is 0 Å². The van der Waals surface area contributed by atoms with Gasteiger partial charge >= 0.3 is 6.16 Å². The molecule has 2 heterocycles. The van der Waals surface area contributed by atoms with Gasteiger partial charge in [-0.25, -0.2) is 4.79 Å². The zero-order valence-electron chi connectivity index (χ0n) is 8.42. The second kappa shape index (κ2) is 4.09. The lowest BCUT2D eigenvalue weighted by molar-refractivity contribution is -0.150. The Morgan fingerprint density at radius 3 is 2.56 bits per heavy atom. The summed E-state index contributed by atoms with van der Waals surface area (Å²) in [5, 5.41) is 8.40. The largest absolute Gasteiger partial charge is 0.506 e. The predicted octanol–water partition coefficient (Wildman–Crippen LogP) is -0.0550. The highest BCUT2D eigenvalue weighted by Gasteiger charge is 2.41. The third-order valence-corrected chi connectivity index (χ3v) is 2.58. The SMILES string of the molecule is O=C(O)OC1COC(N2C(=O)CCC2=O)C1. The molecule has 0 aromatic heterocycles. The van der Waals surface area contributed by atoms with Crippen molar-refractivity contribution < 1.29 is 29.0 Å². The van der Waals surface area contributed by atoms with E-state index in [2.05, 4.69) is 4.74 Å². The van der Waals surface area contributed by atoms with E-state index in [-0.39, 0.29) is 37.7 Å². The minimum atomic E-state index is -1.38. The van der Waals surface area contributed by atoms with Crippen LogP contribution in [0.5, 0.6) is 0 Å². The van der Waals surface area contributed by atoms with E-state index in [9.17, 15) is 14.4 Å². The van der Waals surface area contributed by atoms with Gasteiger partial charge in [0.1, 0.15) is 12.3 Å². The van der Waals surface area contributed by atoms with Gasteiger partial charge < -0.3 is 14.6 Å². The maximum Gasteiger partial charge on any atom is 0.506 e. The van der Waals surface area contributed by atoms with Gasteiger partial charge in [0.15, 0.2) is 0 Å². The summed E-state index contributed by atoms with van der Waals surface area (Å²) in [5.74, 6) is -0.544. The highest BCUT2D eigenvalue weighted by Crippen LogP contribution is 2.25. The summed E-state index contributed by atoms with van der Waals surface area (Å²) in [6, 6.07) is 0. The Balaban J connectivity index is 1.95. The lowest BCUT2D eigenvalue weighted by Crippen LogP contribution is -2.39. The number of hydrogen-bond acceptors (Lipinski definition) is 5. The molecular weight excluding hydrogens is 218 g/mol. The van der Waals surface area contributed by atoms with E-state index in [0.29, 0.717) is 0 Å². The van der Waals surface area contributed by atoms with Gasteiger partial charge in [0.25, 0.3) is 0 Å². The number of imide groups is 1. The highest BCUT2D eigenvalue weighted by atomic mass is 16.7. The van der Waals surface area contributed by atoms with E-state index in [1.54, 1.807) is 0 Å². The van der Waals surface area contributed by atoms with Gasteiger partial charge in [0.05, 0.1) is 6.61 Å². The summed E-state index contributed by atoms with van der Waals surface area (Å²) in [6.45, 7) is 0.0774. The van der Waals surface area contributed by atoms with Gasteiger partial charge in [-0.05, 0) is 0 Å². The Bertz CT molecular complexity index is 325. The molecule has 16 heavy (non-hydrogen) atoms. The average Bonchev–Trinajstić information content (AvgIpc) is 2.73. The van der Waals surface area contributed by atoms with Crippen molar-refractivity contribution in [3.05, 3.63) is 0 Å². The Kier molecular flexibility index (Phi) is 2.78. The number of amides is 2. The summed E-state index contributed by atoms with van der Waals surface area (Å²) in [7, 11) is 0. The molecule has 2 atom stereocenters. The molecule has 0 saturated carbocycles. The Morgan fingerprint density at radius 1 is 1.38 bits per heavy atom. The molecule has 0 spiro atoms. The first-order valence-corrected chi connectivity index (χ1v) is 4.94. The van der Waals surface area contributed by atoms with Gasteiger partial charge in [0.2, 0.25) is 11.8 Å². The third-order valence-electron chi connectivity index (χ3n) is 2.58. The summed E-state index contributed by atoms with van der Waals surface area (Å²) < 4.78 is 9.70. The lowest BCUT2D eigenvalue weighted by atomic mass is 10.2. The fourth-order valence-corrected chi connectivity index (χ4v) is 1.90. The number of nitrogens with zero attached hydrogens (tertiary/aromatic N) is 1. The topological polar surface area (TPSA) is 93.1 Å². The maximum atomic E-state index is 11.4. The molecule has 88 valence electrons. The Hall–Kier alpha value is -1.63. The monoisotopic (exact) mass is 229 g/mol. The average molecular weight is 229 g/mol. The minimum Gasteiger partial charge on any atom is -0.450 e. The first-order chi connectivity index (χ1) is 7.58. The lowest BCUT2D eigenvalue weighted by Gasteiger charge is -2.20. The van der Waals surface area contributed by atoms with Gasteiger partial charge in [0, 0.05) is 19.3 Å². The van der Waals surface area contributed by atoms with Crippen LogP contribution in [-0.4, -0.2) is 46.9 Å². The fraction of sp³-hybridized carbons (Fsp3) is 0.667. The molecule has 2 rings (SSSR count). The number of carbonyl (C=O) groups excluding carboxylic acids is 2. The van der Waals surface area contributed by atoms with Gasteiger partial charge in [-0.3, -0.25) is 14.5 Å². The second-order valence-electron chi connectivity index (χ2n) is 3.69.